The number of sulfone groups is 1. The number of piperidine rings is 1. The van der Waals surface area contributed by atoms with Crippen LogP contribution in [-0.4, -0.2) is 43.7 Å². The van der Waals surface area contributed by atoms with Crippen molar-refractivity contribution in [3.8, 4) is 0 Å². The van der Waals surface area contributed by atoms with Crippen LogP contribution < -0.4 is 5.73 Å². The van der Waals surface area contributed by atoms with Crippen LogP contribution in [0.1, 0.15) is 20.3 Å². The summed E-state index contributed by atoms with van der Waals surface area (Å²) in [5.74, 6) is 0.657. The van der Waals surface area contributed by atoms with Crippen LogP contribution in [0.25, 0.3) is 0 Å². The number of hydrogen-bond donors (Lipinski definition) is 1. The lowest BCUT2D eigenvalue weighted by atomic mass is 9.87. The number of rotatable bonds is 1. The van der Waals surface area contributed by atoms with Crippen LogP contribution in [0.2, 0.25) is 0 Å². The van der Waals surface area contributed by atoms with Crippen molar-refractivity contribution in [1.82, 2.24) is 4.90 Å². The van der Waals surface area contributed by atoms with Gasteiger partial charge in [0.05, 0.1) is 5.75 Å². The molecular formula is C11H20N2O2S. The highest BCUT2D eigenvalue weighted by atomic mass is 32.2. The number of hydrogen-bond acceptors (Lipinski definition) is 4. The Morgan fingerprint density at radius 1 is 1.38 bits per heavy atom. The average Bonchev–Trinajstić information content (AvgIpc) is 2.55. The molecule has 2 aliphatic heterocycles. The molecule has 4 unspecified atom stereocenters. The fourth-order valence-electron chi connectivity index (χ4n) is 2.66. The first kappa shape index (κ1) is 12.1. The minimum Gasteiger partial charge on any atom is -0.327 e. The molecule has 92 valence electrons. The zero-order valence-electron chi connectivity index (χ0n) is 9.83. The molecule has 0 aromatic rings. The molecule has 5 heteroatoms. The molecule has 0 aromatic heterocycles. The van der Waals surface area contributed by atoms with Gasteiger partial charge in [-0.1, -0.05) is 13.0 Å². The summed E-state index contributed by atoms with van der Waals surface area (Å²) in [7, 11) is -2.95. The van der Waals surface area contributed by atoms with Crippen LogP contribution in [0.4, 0.5) is 0 Å². The summed E-state index contributed by atoms with van der Waals surface area (Å²) >= 11 is 0. The Morgan fingerprint density at radius 2 is 2.06 bits per heavy atom. The molecule has 0 saturated carbocycles. The lowest BCUT2D eigenvalue weighted by Gasteiger charge is -2.43. The summed E-state index contributed by atoms with van der Waals surface area (Å²) in [4.78, 5) is 2.27. The van der Waals surface area contributed by atoms with E-state index in [1.54, 1.807) is 0 Å². The molecule has 2 heterocycles. The number of likely N-dealkylation sites (tertiary alicyclic amines) is 1. The molecule has 0 spiro atoms. The average molecular weight is 244 g/mol. The van der Waals surface area contributed by atoms with E-state index in [4.69, 9.17) is 5.73 Å². The van der Waals surface area contributed by atoms with Crippen LogP contribution in [-0.2, 0) is 9.84 Å². The van der Waals surface area contributed by atoms with Gasteiger partial charge in [0, 0.05) is 30.1 Å². The maximum atomic E-state index is 11.4. The van der Waals surface area contributed by atoms with Gasteiger partial charge < -0.3 is 5.73 Å². The van der Waals surface area contributed by atoms with Crippen LogP contribution in [0.5, 0.6) is 0 Å². The molecule has 4 nitrogen and oxygen atoms in total. The predicted octanol–water partition coefficient (Wildman–Crippen LogP) is 0.355. The van der Waals surface area contributed by atoms with Crippen LogP contribution in [0.15, 0.2) is 11.5 Å². The second kappa shape index (κ2) is 4.13. The molecule has 1 fully saturated rings. The Morgan fingerprint density at radius 3 is 2.62 bits per heavy atom. The zero-order chi connectivity index (χ0) is 11.9. The van der Waals surface area contributed by atoms with E-state index in [-0.39, 0.29) is 17.8 Å². The second-order valence-electron chi connectivity index (χ2n) is 5.02. The van der Waals surface area contributed by atoms with Gasteiger partial charge in [0.15, 0.2) is 9.84 Å². The molecule has 0 radical (unpaired) electrons. The van der Waals surface area contributed by atoms with E-state index in [0.29, 0.717) is 12.0 Å². The second-order valence-corrected chi connectivity index (χ2v) is 6.95. The summed E-state index contributed by atoms with van der Waals surface area (Å²) < 4.78 is 22.8. The number of nitrogens with zero attached hydrogens (tertiary/aromatic N) is 1. The third-order valence-electron chi connectivity index (χ3n) is 4.02. The maximum absolute atomic E-state index is 11.4. The molecule has 0 aliphatic carbocycles. The summed E-state index contributed by atoms with van der Waals surface area (Å²) in [6.07, 6.45) is 2.77. The van der Waals surface area contributed by atoms with Crippen LogP contribution in [0.3, 0.4) is 0 Å². The van der Waals surface area contributed by atoms with Gasteiger partial charge in [0.1, 0.15) is 0 Å². The van der Waals surface area contributed by atoms with Gasteiger partial charge in [-0.15, -0.1) is 0 Å². The SMILES string of the molecule is CC1C(N)CCN(C2C=CS(=O)(=O)C2)C1C. The number of nitrogens with two attached hydrogens (primary N) is 1. The quantitative estimate of drug-likeness (QED) is 0.723. The zero-order valence-corrected chi connectivity index (χ0v) is 10.7. The van der Waals surface area contributed by atoms with Gasteiger partial charge in [0.2, 0.25) is 0 Å². The predicted molar refractivity (Wildman–Crippen MR) is 64.6 cm³/mol. The molecule has 16 heavy (non-hydrogen) atoms. The summed E-state index contributed by atoms with van der Waals surface area (Å²) in [5.41, 5.74) is 6.02. The first-order valence-electron chi connectivity index (χ1n) is 5.83. The molecule has 2 N–H and O–H groups in total. The van der Waals surface area contributed by atoms with Gasteiger partial charge in [-0.3, -0.25) is 4.90 Å². The highest BCUT2D eigenvalue weighted by molar-refractivity contribution is 7.94. The van der Waals surface area contributed by atoms with E-state index < -0.39 is 9.84 Å². The Hall–Kier alpha value is -0.390. The van der Waals surface area contributed by atoms with E-state index in [0.717, 1.165) is 13.0 Å². The minimum absolute atomic E-state index is 0.0509. The van der Waals surface area contributed by atoms with Gasteiger partial charge in [-0.2, -0.15) is 0 Å². The summed E-state index contributed by atoms with van der Waals surface area (Å²) in [6.45, 7) is 5.19. The minimum atomic E-state index is -2.95. The topological polar surface area (TPSA) is 63.4 Å². The van der Waals surface area contributed by atoms with Gasteiger partial charge in [-0.25, -0.2) is 8.42 Å². The third-order valence-corrected chi connectivity index (χ3v) is 5.40. The van der Waals surface area contributed by atoms with Crippen LogP contribution >= 0.6 is 0 Å². The lowest BCUT2D eigenvalue weighted by molar-refractivity contribution is 0.0814. The monoisotopic (exact) mass is 244 g/mol. The van der Waals surface area contributed by atoms with Gasteiger partial charge >= 0.3 is 0 Å². The molecule has 2 rings (SSSR count). The highest BCUT2D eigenvalue weighted by Crippen LogP contribution is 2.27. The normalized spacial score (nSPS) is 43.7. The first-order valence-corrected chi connectivity index (χ1v) is 7.54. The van der Waals surface area contributed by atoms with Crippen LogP contribution in [0, 0.1) is 5.92 Å². The Kier molecular flexibility index (Phi) is 3.11. The third kappa shape index (κ3) is 2.17. The van der Waals surface area contributed by atoms with E-state index in [9.17, 15) is 8.42 Å². The summed E-state index contributed by atoms with van der Waals surface area (Å²) in [6, 6.07) is 0.648. The van der Waals surface area contributed by atoms with Crippen molar-refractivity contribution in [3.63, 3.8) is 0 Å². The Labute approximate surface area is 97.4 Å². The van der Waals surface area contributed by atoms with Crippen molar-refractivity contribution in [3.05, 3.63) is 11.5 Å². The van der Waals surface area contributed by atoms with Crippen molar-refractivity contribution in [2.24, 2.45) is 11.7 Å². The fourth-order valence-corrected chi connectivity index (χ4v) is 3.97. The first-order chi connectivity index (χ1) is 7.41. The Balaban J connectivity index is 2.09. The molecule has 4 atom stereocenters. The molecule has 0 aromatic carbocycles. The van der Waals surface area contributed by atoms with Crippen molar-refractivity contribution in [1.29, 1.82) is 0 Å². The van der Waals surface area contributed by atoms with Crippen molar-refractivity contribution < 1.29 is 8.42 Å². The maximum Gasteiger partial charge on any atom is 0.173 e. The smallest absolute Gasteiger partial charge is 0.173 e. The van der Waals surface area contributed by atoms with E-state index in [1.807, 2.05) is 6.08 Å². The molecule has 1 saturated heterocycles. The molecule has 0 bridgehead atoms. The van der Waals surface area contributed by atoms with Gasteiger partial charge in [0.25, 0.3) is 0 Å². The standard InChI is InChI=1S/C11H20N2O2S/c1-8-9(2)13(5-3-11(8)12)10-4-6-16(14,15)7-10/h4,6,8-11H,3,5,7,12H2,1-2H3. The Bertz CT molecular complexity index is 391. The highest BCUT2D eigenvalue weighted by Gasteiger charge is 2.36. The fraction of sp³-hybridized carbons (Fsp3) is 0.818. The molecular weight excluding hydrogens is 224 g/mol. The van der Waals surface area contributed by atoms with Crippen molar-refractivity contribution in [2.45, 2.75) is 38.4 Å². The van der Waals surface area contributed by atoms with E-state index >= 15 is 0 Å². The summed E-state index contributed by atoms with van der Waals surface area (Å²) in [5, 5.41) is 1.35. The van der Waals surface area contributed by atoms with Crippen molar-refractivity contribution >= 4 is 9.84 Å². The van der Waals surface area contributed by atoms with Gasteiger partial charge in [-0.05, 0) is 19.3 Å². The van der Waals surface area contributed by atoms with E-state index in [2.05, 4.69) is 18.7 Å². The van der Waals surface area contributed by atoms with E-state index in [1.165, 1.54) is 5.41 Å². The van der Waals surface area contributed by atoms with Crippen molar-refractivity contribution in [2.75, 3.05) is 12.3 Å². The lowest BCUT2D eigenvalue weighted by Crippen LogP contribution is -2.55. The molecule has 2 aliphatic rings. The largest absolute Gasteiger partial charge is 0.327 e. The molecule has 0 amide bonds.